The third-order valence-corrected chi connectivity index (χ3v) is 6.45. The molecule has 1 aliphatic rings. The number of ketones is 1. The lowest BCUT2D eigenvalue weighted by molar-refractivity contribution is -0.140. The van der Waals surface area contributed by atoms with Crippen molar-refractivity contribution in [3.63, 3.8) is 0 Å². The Morgan fingerprint density at radius 2 is 1.81 bits per heavy atom. The number of Topliss-reactive ketones (excluding diaryl/α,β-unsaturated/α-hetero) is 1. The van der Waals surface area contributed by atoms with E-state index in [-0.39, 0.29) is 17.4 Å². The summed E-state index contributed by atoms with van der Waals surface area (Å²) in [6, 6.07) is 15.6. The molecule has 0 radical (unpaired) electrons. The average Bonchev–Trinajstić information content (AvgIpc) is 3.40. The number of aromatic nitrogens is 1. The minimum absolute atomic E-state index is 0.0840. The van der Waals surface area contributed by atoms with Crippen LogP contribution in [0.25, 0.3) is 5.76 Å². The van der Waals surface area contributed by atoms with Gasteiger partial charge in [-0.15, -0.1) is 11.3 Å². The second-order valence-corrected chi connectivity index (χ2v) is 8.57. The van der Waals surface area contributed by atoms with E-state index in [0.29, 0.717) is 12.1 Å². The summed E-state index contributed by atoms with van der Waals surface area (Å²) in [6.45, 7) is 0.316. The molecule has 2 aromatic heterocycles. The van der Waals surface area contributed by atoms with E-state index in [1.165, 1.54) is 0 Å². The van der Waals surface area contributed by atoms with Crippen LogP contribution in [0.3, 0.4) is 0 Å². The maximum absolute atomic E-state index is 13.2. The van der Waals surface area contributed by atoms with Crippen molar-refractivity contribution in [2.45, 2.75) is 12.1 Å². The van der Waals surface area contributed by atoms with Crippen LogP contribution in [0.4, 0.5) is 0 Å². The number of carbonyl (C=O) groups is 2. The molecule has 1 N–H and O–H groups in total. The topological polar surface area (TPSA) is 73.7 Å². The molecule has 3 aromatic rings. The molecule has 0 bridgehead atoms. The highest BCUT2D eigenvalue weighted by atomic mass is 32.1. The number of thiophene rings is 1. The van der Waals surface area contributed by atoms with E-state index in [9.17, 15) is 14.7 Å². The molecule has 0 spiro atoms. The highest BCUT2D eigenvalue weighted by molar-refractivity contribution is 7.10. The van der Waals surface area contributed by atoms with Crippen molar-refractivity contribution in [2.75, 3.05) is 20.6 Å². The van der Waals surface area contributed by atoms with Crippen LogP contribution >= 0.6 is 11.3 Å². The van der Waals surface area contributed by atoms with Gasteiger partial charge in [0.15, 0.2) is 0 Å². The molecule has 1 aromatic carbocycles. The number of pyridine rings is 1. The number of hydrogen-bond acceptors (Lipinski definition) is 6. The second-order valence-electron chi connectivity index (χ2n) is 7.59. The lowest BCUT2D eigenvalue weighted by Crippen LogP contribution is -2.37. The fourth-order valence-electron chi connectivity index (χ4n) is 3.89. The minimum atomic E-state index is -0.689. The molecule has 1 saturated heterocycles. The number of nitrogens with zero attached hydrogens (tertiary/aromatic N) is 3. The van der Waals surface area contributed by atoms with Gasteiger partial charge in [-0.1, -0.05) is 36.4 Å². The molecular weight excluding hydrogens is 410 g/mol. The van der Waals surface area contributed by atoms with Crippen molar-refractivity contribution in [3.05, 3.63) is 93.9 Å². The van der Waals surface area contributed by atoms with Gasteiger partial charge in [0.2, 0.25) is 0 Å². The van der Waals surface area contributed by atoms with E-state index in [1.807, 2.05) is 42.6 Å². The number of amides is 1. The van der Waals surface area contributed by atoms with Gasteiger partial charge >= 0.3 is 0 Å². The number of aliphatic hydroxyl groups excluding tert-OH is 1. The summed E-state index contributed by atoms with van der Waals surface area (Å²) >= 11 is 1.61. The molecule has 158 valence electrons. The minimum Gasteiger partial charge on any atom is -0.507 e. The smallest absolute Gasteiger partial charge is 0.295 e. The molecule has 31 heavy (non-hydrogen) atoms. The van der Waals surface area contributed by atoms with E-state index in [2.05, 4.69) is 4.98 Å². The Hall–Kier alpha value is -3.29. The Morgan fingerprint density at radius 3 is 2.42 bits per heavy atom. The Bertz CT molecular complexity index is 1100. The van der Waals surface area contributed by atoms with Crippen molar-refractivity contribution < 1.29 is 14.7 Å². The van der Waals surface area contributed by atoms with Crippen LogP contribution in [0.15, 0.2) is 77.9 Å². The predicted molar refractivity (Wildman–Crippen MR) is 120 cm³/mol. The van der Waals surface area contributed by atoms with E-state index < -0.39 is 17.7 Å². The second kappa shape index (κ2) is 8.83. The maximum atomic E-state index is 13.2. The first-order valence-electron chi connectivity index (χ1n) is 9.92. The Kier molecular flexibility index (Phi) is 5.97. The third kappa shape index (κ3) is 4.02. The molecule has 4 rings (SSSR count). The number of hydrogen-bond donors (Lipinski definition) is 1. The molecule has 0 saturated carbocycles. The first kappa shape index (κ1) is 21.0. The van der Waals surface area contributed by atoms with Gasteiger partial charge in [0.1, 0.15) is 5.76 Å². The number of likely N-dealkylation sites (N-methyl/N-ethyl adjacent to an activating group) is 1. The van der Waals surface area contributed by atoms with Crippen LogP contribution in [-0.2, 0) is 9.59 Å². The molecule has 1 aliphatic heterocycles. The summed E-state index contributed by atoms with van der Waals surface area (Å²) in [7, 11) is 3.90. The van der Waals surface area contributed by atoms with Gasteiger partial charge in [-0.2, -0.15) is 0 Å². The van der Waals surface area contributed by atoms with Gasteiger partial charge < -0.3 is 14.9 Å². The third-order valence-electron chi connectivity index (χ3n) is 5.47. The van der Waals surface area contributed by atoms with Crippen molar-refractivity contribution in [1.82, 2.24) is 14.8 Å². The zero-order valence-electron chi connectivity index (χ0n) is 17.3. The van der Waals surface area contributed by atoms with Crippen molar-refractivity contribution in [1.29, 1.82) is 0 Å². The highest BCUT2D eigenvalue weighted by Crippen LogP contribution is 2.40. The lowest BCUT2D eigenvalue weighted by Gasteiger charge is -2.32. The average molecular weight is 434 g/mol. The van der Waals surface area contributed by atoms with Crippen LogP contribution in [-0.4, -0.2) is 52.2 Å². The normalized spacial score (nSPS) is 19.2. The summed E-state index contributed by atoms with van der Waals surface area (Å²) in [4.78, 5) is 35.0. The van der Waals surface area contributed by atoms with Crippen LogP contribution in [0.1, 0.15) is 28.1 Å². The number of rotatable bonds is 6. The monoisotopic (exact) mass is 433 g/mol. The molecular formula is C24H23N3O3S. The van der Waals surface area contributed by atoms with E-state index in [1.54, 1.807) is 65.0 Å². The molecule has 0 unspecified atom stereocenters. The summed E-state index contributed by atoms with van der Waals surface area (Å²) in [5, 5.41) is 13.0. The molecule has 2 atom stereocenters. The van der Waals surface area contributed by atoms with Crippen molar-refractivity contribution in [3.8, 4) is 0 Å². The zero-order chi connectivity index (χ0) is 22.0. The Morgan fingerprint density at radius 1 is 1.10 bits per heavy atom. The standard InChI is InChI=1S/C24H23N3O3S/c1-26(2)18(19-9-6-14-31-19)15-27-21(16-10-12-25-13-11-16)20(23(29)24(27)30)22(28)17-7-4-3-5-8-17/h3-14,18,21,28H,15H2,1-2H3/t18-,21-/m0/s1. The number of aliphatic hydroxyl groups is 1. The zero-order valence-corrected chi connectivity index (χ0v) is 18.1. The first-order chi connectivity index (χ1) is 15.0. The SMILES string of the molecule is CN(C)[C@@H](CN1C(=O)C(=O)C(=C(O)c2ccccc2)[C@@H]1c1ccncc1)c1cccs1. The predicted octanol–water partition coefficient (Wildman–Crippen LogP) is 3.87. The van der Waals surface area contributed by atoms with Gasteiger partial charge in [0.05, 0.1) is 17.7 Å². The quantitative estimate of drug-likeness (QED) is 0.363. The maximum Gasteiger partial charge on any atom is 0.295 e. The molecule has 6 nitrogen and oxygen atoms in total. The number of benzene rings is 1. The number of likely N-dealkylation sites (tertiary alicyclic amines) is 1. The number of carbonyl (C=O) groups excluding carboxylic acids is 2. The fraction of sp³-hybridized carbons (Fsp3) is 0.208. The van der Waals surface area contributed by atoms with Crippen molar-refractivity contribution in [2.24, 2.45) is 0 Å². The largest absolute Gasteiger partial charge is 0.507 e. The van der Waals surface area contributed by atoms with Gasteiger partial charge in [-0.25, -0.2) is 0 Å². The molecule has 0 aliphatic carbocycles. The van der Waals surface area contributed by atoms with Gasteiger partial charge in [-0.05, 0) is 43.2 Å². The molecule has 1 amide bonds. The first-order valence-corrected chi connectivity index (χ1v) is 10.8. The molecule has 7 heteroatoms. The van der Waals surface area contributed by atoms with Crippen LogP contribution in [0.5, 0.6) is 0 Å². The van der Waals surface area contributed by atoms with Crippen LogP contribution in [0, 0.1) is 0 Å². The fourth-order valence-corrected chi connectivity index (χ4v) is 4.80. The van der Waals surface area contributed by atoms with Crippen LogP contribution in [0.2, 0.25) is 0 Å². The summed E-state index contributed by atoms with van der Waals surface area (Å²) in [5.41, 5.74) is 1.34. The van der Waals surface area contributed by atoms with Crippen LogP contribution < -0.4 is 0 Å². The lowest BCUT2D eigenvalue weighted by atomic mass is 9.96. The molecule has 1 fully saturated rings. The van der Waals surface area contributed by atoms with E-state index >= 15 is 0 Å². The summed E-state index contributed by atoms with van der Waals surface area (Å²) < 4.78 is 0. The molecule has 3 heterocycles. The van der Waals surface area contributed by atoms with E-state index in [4.69, 9.17) is 0 Å². The Balaban J connectivity index is 1.83. The Labute approximate surface area is 185 Å². The van der Waals surface area contributed by atoms with Gasteiger partial charge in [0.25, 0.3) is 11.7 Å². The summed E-state index contributed by atoms with van der Waals surface area (Å²) in [6.07, 6.45) is 3.25. The summed E-state index contributed by atoms with van der Waals surface area (Å²) in [5.74, 6) is -1.45. The van der Waals surface area contributed by atoms with Crippen molar-refractivity contribution >= 4 is 28.8 Å². The van der Waals surface area contributed by atoms with Gasteiger partial charge in [0, 0.05) is 29.4 Å². The van der Waals surface area contributed by atoms with Gasteiger partial charge in [-0.3, -0.25) is 14.6 Å². The highest BCUT2D eigenvalue weighted by Gasteiger charge is 2.47. The van der Waals surface area contributed by atoms with E-state index in [0.717, 1.165) is 10.4 Å².